The number of hydrogen-bond acceptors (Lipinski definition) is 5. The van der Waals surface area contributed by atoms with Crippen LogP contribution in [-0.2, 0) is 4.74 Å². The van der Waals surface area contributed by atoms with Crippen LogP contribution in [0.5, 0.6) is 0 Å². The number of piperidine rings is 1. The SMILES string of the molecule is CC1CCN(CC(O)CN2CCC(CN3CCOCC3)C2)CC1. The van der Waals surface area contributed by atoms with E-state index >= 15 is 0 Å². The quantitative estimate of drug-likeness (QED) is 0.780. The molecular weight excluding hydrogens is 290 g/mol. The average Bonchev–Trinajstić information content (AvgIpc) is 2.97. The Hall–Kier alpha value is -0.200. The number of rotatable bonds is 6. The molecule has 3 heterocycles. The van der Waals surface area contributed by atoms with Crippen LogP contribution in [0.25, 0.3) is 0 Å². The molecule has 1 N–H and O–H groups in total. The molecule has 3 fully saturated rings. The van der Waals surface area contributed by atoms with E-state index in [1.165, 1.54) is 25.8 Å². The molecule has 5 nitrogen and oxygen atoms in total. The summed E-state index contributed by atoms with van der Waals surface area (Å²) < 4.78 is 5.43. The third-order valence-corrected chi connectivity index (χ3v) is 5.80. The number of likely N-dealkylation sites (tertiary alicyclic amines) is 2. The van der Waals surface area contributed by atoms with Crippen LogP contribution in [0.15, 0.2) is 0 Å². The summed E-state index contributed by atoms with van der Waals surface area (Å²) in [7, 11) is 0. The number of aliphatic hydroxyl groups excluding tert-OH is 1. The van der Waals surface area contributed by atoms with Crippen molar-refractivity contribution in [2.75, 3.05) is 72.1 Å². The van der Waals surface area contributed by atoms with E-state index in [4.69, 9.17) is 4.74 Å². The van der Waals surface area contributed by atoms with Crippen LogP contribution < -0.4 is 0 Å². The van der Waals surface area contributed by atoms with Gasteiger partial charge in [0.15, 0.2) is 0 Å². The minimum Gasteiger partial charge on any atom is -0.390 e. The predicted octanol–water partition coefficient (Wildman–Crippen LogP) is 0.733. The minimum atomic E-state index is -0.189. The predicted molar refractivity (Wildman–Crippen MR) is 92.7 cm³/mol. The maximum Gasteiger partial charge on any atom is 0.0793 e. The second kappa shape index (κ2) is 8.77. The van der Waals surface area contributed by atoms with Gasteiger partial charge in [-0.3, -0.25) is 4.90 Å². The summed E-state index contributed by atoms with van der Waals surface area (Å²) in [5.74, 6) is 1.64. The number of ether oxygens (including phenoxy) is 1. The second-order valence-corrected chi connectivity index (χ2v) is 7.96. The van der Waals surface area contributed by atoms with E-state index in [2.05, 4.69) is 21.6 Å². The molecule has 0 aliphatic carbocycles. The Kier molecular flexibility index (Phi) is 6.72. The largest absolute Gasteiger partial charge is 0.390 e. The highest BCUT2D eigenvalue weighted by molar-refractivity contribution is 4.82. The van der Waals surface area contributed by atoms with Crippen molar-refractivity contribution >= 4 is 0 Å². The first-order valence-corrected chi connectivity index (χ1v) is 9.62. The fraction of sp³-hybridized carbons (Fsp3) is 1.00. The summed E-state index contributed by atoms with van der Waals surface area (Å²) >= 11 is 0. The molecule has 0 aromatic carbocycles. The molecule has 3 rings (SSSR count). The first-order chi connectivity index (χ1) is 11.2. The lowest BCUT2D eigenvalue weighted by molar-refractivity contribution is 0.0303. The van der Waals surface area contributed by atoms with Crippen molar-refractivity contribution in [3.05, 3.63) is 0 Å². The highest BCUT2D eigenvalue weighted by atomic mass is 16.5. The first-order valence-electron chi connectivity index (χ1n) is 9.62. The number of nitrogens with zero attached hydrogens (tertiary/aromatic N) is 3. The van der Waals surface area contributed by atoms with Crippen molar-refractivity contribution < 1.29 is 9.84 Å². The molecule has 0 bridgehead atoms. The zero-order valence-corrected chi connectivity index (χ0v) is 14.8. The molecule has 0 amide bonds. The molecule has 0 radical (unpaired) electrons. The molecule has 134 valence electrons. The highest BCUT2D eigenvalue weighted by Gasteiger charge is 2.27. The third kappa shape index (κ3) is 5.68. The molecule has 5 heteroatoms. The lowest BCUT2D eigenvalue weighted by atomic mass is 9.99. The Morgan fingerprint density at radius 2 is 1.57 bits per heavy atom. The number of β-amino-alcohol motifs (C(OH)–C–C–N with tert-alkyl or cyclic N) is 1. The van der Waals surface area contributed by atoms with E-state index in [0.29, 0.717) is 0 Å². The summed E-state index contributed by atoms with van der Waals surface area (Å²) in [5, 5.41) is 10.4. The van der Waals surface area contributed by atoms with Gasteiger partial charge in [-0.05, 0) is 50.7 Å². The van der Waals surface area contributed by atoms with E-state index in [9.17, 15) is 5.11 Å². The Balaban J connectivity index is 1.32. The van der Waals surface area contributed by atoms with Crippen LogP contribution in [0, 0.1) is 11.8 Å². The van der Waals surface area contributed by atoms with Crippen molar-refractivity contribution in [1.29, 1.82) is 0 Å². The standard InChI is InChI=1S/C18H35N3O2/c1-16-2-5-19(6-3-16)14-18(22)15-21-7-4-17(13-21)12-20-8-10-23-11-9-20/h16-18,22H,2-15H2,1H3. The normalized spacial score (nSPS) is 30.8. The Morgan fingerprint density at radius 1 is 0.913 bits per heavy atom. The van der Waals surface area contributed by atoms with Crippen LogP contribution >= 0.6 is 0 Å². The molecular formula is C18H35N3O2. The van der Waals surface area contributed by atoms with Crippen LogP contribution in [0.2, 0.25) is 0 Å². The topological polar surface area (TPSA) is 39.2 Å². The lowest BCUT2D eigenvalue weighted by Gasteiger charge is -2.32. The molecule has 0 aromatic heterocycles. The molecule has 2 unspecified atom stereocenters. The van der Waals surface area contributed by atoms with Crippen molar-refractivity contribution in [2.24, 2.45) is 11.8 Å². The van der Waals surface area contributed by atoms with Gasteiger partial charge in [0.1, 0.15) is 0 Å². The molecule has 0 saturated carbocycles. The number of hydrogen-bond donors (Lipinski definition) is 1. The van der Waals surface area contributed by atoms with Crippen molar-refractivity contribution in [1.82, 2.24) is 14.7 Å². The Labute approximate surface area is 141 Å². The molecule has 23 heavy (non-hydrogen) atoms. The van der Waals surface area contributed by atoms with Crippen molar-refractivity contribution in [3.8, 4) is 0 Å². The van der Waals surface area contributed by atoms with E-state index in [1.807, 2.05) is 0 Å². The zero-order valence-electron chi connectivity index (χ0n) is 14.8. The van der Waals surface area contributed by atoms with Gasteiger partial charge in [0.25, 0.3) is 0 Å². The fourth-order valence-corrected chi connectivity index (χ4v) is 4.28. The van der Waals surface area contributed by atoms with E-state index < -0.39 is 0 Å². The molecule has 3 aliphatic heterocycles. The summed E-state index contributed by atoms with van der Waals surface area (Å²) in [6.07, 6.45) is 3.67. The van der Waals surface area contributed by atoms with Gasteiger partial charge in [-0.1, -0.05) is 6.92 Å². The zero-order chi connectivity index (χ0) is 16.1. The average molecular weight is 325 g/mol. The van der Waals surface area contributed by atoms with E-state index in [-0.39, 0.29) is 6.10 Å². The summed E-state index contributed by atoms with van der Waals surface area (Å²) in [4.78, 5) is 7.47. The van der Waals surface area contributed by atoms with Gasteiger partial charge in [0, 0.05) is 39.3 Å². The van der Waals surface area contributed by atoms with E-state index in [1.54, 1.807) is 0 Å². The van der Waals surface area contributed by atoms with Crippen LogP contribution in [0.3, 0.4) is 0 Å². The van der Waals surface area contributed by atoms with Crippen molar-refractivity contribution in [2.45, 2.75) is 32.3 Å². The van der Waals surface area contributed by atoms with Gasteiger partial charge >= 0.3 is 0 Å². The maximum atomic E-state index is 10.4. The molecule has 3 saturated heterocycles. The maximum absolute atomic E-state index is 10.4. The first kappa shape index (κ1) is 17.6. The van der Waals surface area contributed by atoms with Gasteiger partial charge in [0.05, 0.1) is 19.3 Å². The molecule has 3 aliphatic rings. The number of aliphatic hydroxyl groups is 1. The Bertz CT molecular complexity index is 341. The van der Waals surface area contributed by atoms with Gasteiger partial charge in [-0.2, -0.15) is 0 Å². The van der Waals surface area contributed by atoms with Crippen molar-refractivity contribution in [3.63, 3.8) is 0 Å². The van der Waals surface area contributed by atoms with E-state index in [0.717, 1.165) is 77.4 Å². The van der Waals surface area contributed by atoms with Gasteiger partial charge in [-0.15, -0.1) is 0 Å². The molecule has 0 aromatic rings. The van der Waals surface area contributed by atoms with Gasteiger partial charge < -0.3 is 19.6 Å². The van der Waals surface area contributed by atoms with Gasteiger partial charge in [-0.25, -0.2) is 0 Å². The third-order valence-electron chi connectivity index (χ3n) is 5.80. The highest BCUT2D eigenvalue weighted by Crippen LogP contribution is 2.19. The summed E-state index contributed by atoms with van der Waals surface area (Å²) in [6, 6.07) is 0. The second-order valence-electron chi connectivity index (χ2n) is 7.96. The lowest BCUT2D eigenvalue weighted by Crippen LogP contribution is -2.43. The Morgan fingerprint density at radius 3 is 2.30 bits per heavy atom. The van der Waals surface area contributed by atoms with Crippen LogP contribution in [0.4, 0.5) is 0 Å². The number of morpholine rings is 1. The van der Waals surface area contributed by atoms with Gasteiger partial charge in [0.2, 0.25) is 0 Å². The minimum absolute atomic E-state index is 0.189. The fourth-order valence-electron chi connectivity index (χ4n) is 4.28. The smallest absolute Gasteiger partial charge is 0.0793 e. The summed E-state index contributed by atoms with van der Waals surface area (Å²) in [5.41, 5.74) is 0. The monoisotopic (exact) mass is 325 g/mol. The molecule has 2 atom stereocenters. The molecule has 0 spiro atoms. The van der Waals surface area contributed by atoms with Crippen LogP contribution in [-0.4, -0.2) is 98.0 Å². The van der Waals surface area contributed by atoms with Crippen LogP contribution in [0.1, 0.15) is 26.2 Å². The summed E-state index contributed by atoms with van der Waals surface area (Å²) in [6.45, 7) is 13.9.